The van der Waals surface area contributed by atoms with Gasteiger partial charge in [-0.1, -0.05) is 23.5 Å². The predicted octanol–water partition coefficient (Wildman–Crippen LogP) is 4.48. The number of anilines is 1. The first kappa shape index (κ1) is 26.5. The Morgan fingerprint density at radius 2 is 1.95 bits per heavy atom. The van der Waals surface area contributed by atoms with Crippen molar-refractivity contribution in [3.05, 3.63) is 85.4 Å². The van der Waals surface area contributed by atoms with E-state index in [2.05, 4.69) is 4.98 Å². The molecule has 0 aliphatic carbocycles. The SMILES string of the molecule is CCOC(=O)c1sc(N2C(=O)C(=O)/C(=C(/O)c3ccc(OC)c(C)c3)C2c2cccc([N+](=O)[O-])c2)nc1C. The van der Waals surface area contributed by atoms with Gasteiger partial charge in [0.25, 0.3) is 11.5 Å². The van der Waals surface area contributed by atoms with Crippen molar-refractivity contribution in [3.8, 4) is 5.75 Å². The van der Waals surface area contributed by atoms with E-state index in [4.69, 9.17) is 9.47 Å². The zero-order valence-electron chi connectivity index (χ0n) is 20.9. The molecule has 2 heterocycles. The highest BCUT2D eigenvalue weighted by atomic mass is 32.1. The van der Waals surface area contributed by atoms with Crippen LogP contribution in [0.15, 0.2) is 48.0 Å². The minimum atomic E-state index is -1.25. The first-order valence-electron chi connectivity index (χ1n) is 11.4. The van der Waals surface area contributed by atoms with Gasteiger partial charge in [0.05, 0.1) is 35.9 Å². The number of aryl methyl sites for hydroxylation is 2. The zero-order valence-corrected chi connectivity index (χ0v) is 21.7. The van der Waals surface area contributed by atoms with E-state index in [1.807, 2.05) is 0 Å². The Kier molecular flexibility index (Phi) is 7.26. The summed E-state index contributed by atoms with van der Waals surface area (Å²) in [6.45, 7) is 5.09. The van der Waals surface area contributed by atoms with E-state index in [-0.39, 0.29) is 44.7 Å². The lowest BCUT2D eigenvalue weighted by atomic mass is 9.94. The standard InChI is InChI=1S/C26H23N3O8S/c1-5-37-25(33)23-14(3)27-26(38-23)28-20(15-7-6-8-17(12-15)29(34)35)19(22(31)24(28)32)21(30)16-9-10-18(36-4)13(2)11-16/h6-12,20,30H,5H2,1-4H3/b21-19+. The average Bonchev–Trinajstić information content (AvgIpc) is 3.40. The number of nitro benzene ring substituents is 1. The van der Waals surface area contributed by atoms with Gasteiger partial charge < -0.3 is 14.6 Å². The summed E-state index contributed by atoms with van der Waals surface area (Å²) in [4.78, 5) is 55.5. The largest absolute Gasteiger partial charge is 0.507 e. The molecule has 1 amide bonds. The molecule has 1 aliphatic heterocycles. The summed E-state index contributed by atoms with van der Waals surface area (Å²) in [5.41, 5.74) is 0.873. The maximum atomic E-state index is 13.4. The number of esters is 1. The Hall–Kier alpha value is -4.58. The number of thiazole rings is 1. The Labute approximate surface area is 221 Å². The summed E-state index contributed by atoms with van der Waals surface area (Å²) in [6, 6.07) is 8.91. The maximum Gasteiger partial charge on any atom is 0.350 e. The van der Waals surface area contributed by atoms with Gasteiger partial charge in [-0.3, -0.25) is 24.6 Å². The number of aliphatic hydroxyl groups excluding tert-OH is 1. The van der Waals surface area contributed by atoms with Gasteiger partial charge in [-0.05, 0) is 50.1 Å². The number of carbonyl (C=O) groups excluding carboxylic acids is 3. The fraction of sp³-hybridized carbons (Fsp3) is 0.231. The number of benzene rings is 2. The van der Waals surface area contributed by atoms with Gasteiger partial charge in [-0.25, -0.2) is 9.78 Å². The second-order valence-corrected chi connectivity index (χ2v) is 9.31. The predicted molar refractivity (Wildman–Crippen MR) is 138 cm³/mol. The topological polar surface area (TPSA) is 149 Å². The zero-order chi connectivity index (χ0) is 27.7. The lowest BCUT2D eigenvalue weighted by Crippen LogP contribution is -2.29. The van der Waals surface area contributed by atoms with Crippen LogP contribution in [0.1, 0.15) is 45.0 Å². The summed E-state index contributed by atoms with van der Waals surface area (Å²) >= 11 is 0.849. The molecule has 1 N–H and O–H groups in total. The normalized spacial score (nSPS) is 16.5. The van der Waals surface area contributed by atoms with Crippen LogP contribution in [0.25, 0.3) is 5.76 Å². The van der Waals surface area contributed by atoms with Crippen LogP contribution in [0.4, 0.5) is 10.8 Å². The second-order valence-electron chi connectivity index (χ2n) is 8.34. The molecule has 1 unspecified atom stereocenters. The number of hydrogen-bond donors (Lipinski definition) is 1. The van der Waals surface area contributed by atoms with Crippen LogP contribution >= 0.6 is 11.3 Å². The minimum Gasteiger partial charge on any atom is -0.507 e. The number of nitro groups is 1. The highest BCUT2D eigenvalue weighted by molar-refractivity contribution is 7.17. The molecule has 0 bridgehead atoms. The lowest BCUT2D eigenvalue weighted by Gasteiger charge is -2.23. The van der Waals surface area contributed by atoms with E-state index in [0.717, 1.165) is 16.2 Å². The van der Waals surface area contributed by atoms with Crippen molar-refractivity contribution in [2.45, 2.75) is 26.8 Å². The molecule has 2 aromatic carbocycles. The number of aromatic nitrogens is 1. The van der Waals surface area contributed by atoms with Gasteiger partial charge in [-0.2, -0.15) is 0 Å². The molecule has 1 fully saturated rings. The highest BCUT2D eigenvalue weighted by Gasteiger charge is 2.48. The third-order valence-electron chi connectivity index (χ3n) is 5.96. The molecule has 4 rings (SSSR count). The van der Waals surface area contributed by atoms with Crippen molar-refractivity contribution in [1.29, 1.82) is 0 Å². The molecule has 12 heteroatoms. The number of carbonyl (C=O) groups is 3. The summed E-state index contributed by atoms with van der Waals surface area (Å²) in [5, 5.41) is 22.8. The first-order valence-corrected chi connectivity index (χ1v) is 12.3. The first-order chi connectivity index (χ1) is 18.1. The summed E-state index contributed by atoms with van der Waals surface area (Å²) in [6.07, 6.45) is 0. The lowest BCUT2D eigenvalue weighted by molar-refractivity contribution is -0.384. The number of ether oxygens (including phenoxy) is 2. The minimum absolute atomic E-state index is 0.00845. The van der Waals surface area contributed by atoms with Crippen LogP contribution < -0.4 is 9.64 Å². The molecule has 3 aromatic rings. The van der Waals surface area contributed by atoms with Gasteiger partial charge in [0.1, 0.15) is 16.4 Å². The third-order valence-corrected chi connectivity index (χ3v) is 7.10. The van der Waals surface area contributed by atoms with Crippen LogP contribution in [0.3, 0.4) is 0 Å². The molecule has 11 nitrogen and oxygen atoms in total. The fourth-order valence-electron chi connectivity index (χ4n) is 4.21. The molecule has 1 aromatic heterocycles. The number of amides is 1. The molecular weight excluding hydrogens is 514 g/mol. The van der Waals surface area contributed by atoms with Gasteiger partial charge in [-0.15, -0.1) is 0 Å². The number of hydrogen-bond acceptors (Lipinski definition) is 10. The van der Waals surface area contributed by atoms with Crippen molar-refractivity contribution < 1.29 is 33.9 Å². The Bertz CT molecular complexity index is 1510. The summed E-state index contributed by atoms with van der Waals surface area (Å²) in [7, 11) is 1.50. The number of Topliss-reactive ketones (excluding diaryl/α,β-unsaturated/α-hetero) is 1. The molecule has 0 saturated carbocycles. The van der Waals surface area contributed by atoms with Crippen LogP contribution in [0.5, 0.6) is 5.75 Å². The Balaban J connectivity index is 1.95. The second kappa shape index (κ2) is 10.4. The number of nitrogens with zero attached hydrogens (tertiary/aromatic N) is 3. The van der Waals surface area contributed by atoms with Crippen LogP contribution in [-0.2, 0) is 14.3 Å². The maximum absolute atomic E-state index is 13.4. The molecular formula is C26H23N3O8S. The van der Waals surface area contributed by atoms with E-state index >= 15 is 0 Å². The smallest absolute Gasteiger partial charge is 0.350 e. The number of aliphatic hydroxyl groups is 1. The van der Waals surface area contributed by atoms with E-state index in [1.165, 1.54) is 37.4 Å². The van der Waals surface area contributed by atoms with Crippen molar-refractivity contribution >= 4 is 45.6 Å². The monoisotopic (exact) mass is 537 g/mol. The van der Waals surface area contributed by atoms with E-state index in [1.54, 1.807) is 32.9 Å². The summed E-state index contributed by atoms with van der Waals surface area (Å²) < 4.78 is 10.3. The number of rotatable bonds is 7. The molecule has 1 atom stereocenters. The molecule has 0 spiro atoms. The van der Waals surface area contributed by atoms with Crippen molar-refractivity contribution in [2.24, 2.45) is 0 Å². The molecule has 38 heavy (non-hydrogen) atoms. The highest BCUT2D eigenvalue weighted by Crippen LogP contribution is 2.44. The third kappa shape index (κ3) is 4.61. The number of non-ortho nitro benzene ring substituents is 1. The van der Waals surface area contributed by atoms with Crippen LogP contribution in [-0.4, -0.2) is 46.4 Å². The van der Waals surface area contributed by atoms with Gasteiger partial charge in [0.2, 0.25) is 0 Å². The molecule has 1 saturated heterocycles. The number of ketones is 1. The van der Waals surface area contributed by atoms with Gasteiger partial charge in [0, 0.05) is 17.7 Å². The molecule has 196 valence electrons. The fourth-order valence-corrected chi connectivity index (χ4v) is 5.19. The molecule has 1 aliphatic rings. The van der Waals surface area contributed by atoms with Crippen molar-refractivity contribution in [2.75, 3.05) is 18.6 Å². The summed E-state index contributed by atoms with van der Waals surface area (Å²) in [5.74, 6) is -2.55. The quantitative estimate of drug-likeness (QED) is 0.115. The van der Waals surface area contributed by atoms with E-state index in [0.29, 0.717) is 11.3 Å². The number of methoxy groups -OCH3 is 1. The van der Waals surface area contributed by atoms with Gasteiger partial charge in [0.15, 0.2) is 5.13 Å². The average molecular weight is 538 g/mol. The van der Waals surface area contributed by atoms with Gasteiger partial charge >= 0.3 is 11.9 Å². The van der Waals surface area contributed by atoms with Crippen LogP contribution in [0.2, 0.25) is 0 Å². The van der Waals surface area contributed by atoms with Crippen LogP contribution in [0, 0.1) is 24.0 Å². The Morgan fingerprint density at radius 1 is 1.21 bits per heavy atom. The van der Waals surface area contributed by atoms with E-state index < -0.39 is 34.4 Å². The molecule has 0 radical (unpaired) electrons. The van der Waals surface area contributed by atoms with E-state index in [9.17, 15) is 29.6 Å². The van der Waals surface area contributed by atoms with Crippen molar-refractivity contribution in [3.63, 3.8) is 0 Å². The van der Waals surface area contributed by atoms with Crippen molar-refractivity contribution in [1.82, 2.24) is 4.98 Å². The Morgan fingerprint density at radius 3 is 2.58 bits per heavy atom.